The van der Waals surface area contributed by atoms with E-state index in [9.17, 15) is 0 Å². The molecule has 400 valence electrons. The van der Waals surface area contributed by atoms with E-state index >= 15 is 0 Å². The van der Waals surface area contributed by atoms with Crippen LogP contribution >= 0.6 is 0 Å². The van der Waals surface area contributed by atoms with E-state index in [1.165, 1.54) is 0 Å². The molecule has 0 aromatic carbocycles. The standard InChI is InChI=1S/C45H88O22/c1-2-4-47-6-8-49-10-12-51-14-16-53-18-20-55-22-24-57-26-28-59-30-32-61-34-36-63-38-40-65-42-44-67-45-43-66-41-39-64-37-35-62-33-31-60-29-27-58-25-23-56-21-19-54-17-15-52-13-11-50-9-7-48-5-3-46/h1,46H,3-45H2. The summed E-state index contributed by atoms with van der Waals surface area (Å²) in [7, 11) is 0. The molecule has 0 bridgehead atoms. The Morgan fingerprint density at radius 2 is 0.284 bits per heavy atom. The van der Waals surface area contributed by atoms with Crippen molar-refractivity contribution in [2.75, 3.05) is 284 Å². The Morgan fingerprint density at radius 3 is 0.388 bits per heavy atom. The average molecular weight is 981 g/mol. The molecule has 0 aliphatic heterocycles. The van der Waals surface area contributed by atoms with E-state index in [4.69, 9.17) is 111 Å². The van der Waals surface area contributed by atoms with E-state index in [1.54, 1.807) is 0 Å². The van der Waals surface area contributed by atoms with Crippen LogP contribution in [0.3, 0.4) is 0 Å². The van der Waals surface area contributed by atoms with Gasteiger partial charge in [-0.2, -0.15) is 0 Å². The Balaban J connectivity index is 3.07. The molecule has 0 saturated carbocycles. The quantitative estimate of drug-likeness (QED) is 0.0626. The summed E-state index contributed by atoms with van der Waals surface area (Å²) in [6, 6.07) is 0. The van der Waals surface area contributed by atoms with Gasteiger partial charge in [0.2, 0.25) is 0 Å². The first-order chi connectivity index (χ1) is 33.4. The fourth-order valence-electron chi connectivity index (χ4n) is 4.59. The van der Waals surface area contributed by atoms with Gasteiger partial charge in [0.15, 0.2) is 0 Å². The summed E-state index contributed by atoms with van der Waals surface area (Å²) in [5.41, 5.74) is 0. The van der Waals surface area contributed by atoms with Crippen LogP contribution in [-0.4, -0.2) is 289 Å². The molecule has 0 rings (SSSR count). The van der Waals surface area contributed by atoms with Gasteiger partial charge >= 0.3 is 0 Å². The van der Waals surface area contributed by atoms with Crippen LogP contribution in [0.1, 0.15) is 0 Å². The molecule has 0 fully saturated rings. The lowest BCUT2D eigenvalue weighted by atomic mass is 10.6. The Bertz CT molecular complexity index is 910. The first kappa shape index (κ1) is 65.7. The summed E-state index contributed by atoms with van der Waals surface area (Å²) in [4.78, 5) is 0. The van der Waals surface area contributed by atoms with Gasteiger partial charge in [0.1, 0.15) is 6.61 Å². The Morgan fingerprint density at radius 1 is 0.179 bits per heavy atom. The molecule has 0 amide bonds. The highest BCUT2D eigenvalue weighted by atomic mass is 16.6. The second kappa shape index (κ2) is 64.7. The molecule has 22 heteroatoms. The SMILES string of the molecule is C#CCOCCOCCOCCOCCOCCOCCOCCOCCOCCOCCOCCOCCOCCOCCOCCOCCOCCOCCOCCOCCOCCO. The monoisotopic (exact) mass is 981 g/mol. The Hall–Kier alpha value is -1.32. The minimum Gasteiger partial charge on any atom is -0.394 e. The van der Waals surface area contributed by atoms with E-state index in [0.717, 1.165) is 0 Å². The summed E-state index contributed by atoms with van der Waals surface area (Å²) in [5.74, 6) is 2.40. The minimum absolute atomic E-state index is 0.0190. The fourth-order valence-corrected chi connectivity index (χ4v) is 4.59. The fraction of sp³-hybridized carbons (Fsp3) is 0.956. The molecule has 0 aromatic heterocycles. The molecule has 1 N–H and O–H groups in total. The lowest BCUT2D eigenvalue weighted by molar-refractivity contribution is -0.0316. The molecule has 0 radical (unpaired) electrons. The van der Waals surface area contributed by atoms with Crippen molar-refractivity contribution in [2.45, 2.75) is 0 Å². The highest BCUT2D eigenvalue weighted by molar-refractivity contribution is 4.82. The van der Waals surface area contributed by atoms with Gasteiger partial charge in [-0.25, -0.2) is 0 Å². The van der Waals surface area contributed by atoms with Gasteiger partial charge in [-0.15, -0.1) is 6.42 Å². The second-order valence-corrected chi connectivity index (χ2v) is 13.2. The maximum absolute atomic E-state index is 8.60. The Kier molecular flexibility index (Phi) is 63.4. The lowest BCUT2D eigenvalue weighted by Gasteiger charge is -2.09. The predicted molar refractivity (Wildman–Crippen MR) is 243 cm³/mol. The molecule has 0 aromatic rings. The highest BCUT2D eigenvalue weighted by Gasteiger charge is 1.99. The van der Waals surface area contributed by atoms with Gasteiger partial charge in [-0.05, 0) is 0 Å². The maximum atomic E-state index is 8.60. The summed E-state index contributed by atoms with van der Waals surface area (Å²) in [6.45, 7) is 20.3. The van der Waals surface area contributed by atoms with Crippen molar-refractivity contribution in [1.82, 2.24) is 0 Å². The van der Waals surface area contributed by atoms with Crippen LogP contribution in [0.5, 0.6) is 0 Å². The third kappa shape index (κ3) is 64.7. The van der Waals surface area contributed by atoms with Crippen LogP contribution in [0.15, 0.2) is 0 Å². The van der Waals surface area contributed by atoms with Gasteiger partial charge in [-0.3, -0.25) is 0 Å². The molecule has 67 heavy (non-hydrogen) atoms. The average Bonchev–Trinajstić information content (AvgIpc) is 3.34. The molecular weight excluding hydrogens is 892 g/mol. The van der Waals surface area contributed by atoms with Gasteiger partial charge in [0.05, 0.1) is 277 Å². The van der Waals surface area contributed by atoms with Crippen LogP contribution < -0.4 is 0 Å². The second-order valence-electron chi connectivity index (χ2n) is 13.2. The first-order valence-corrected chi connectivity index (χ1v) is 23.6. The van der Waals surface area contributed by atoms with Crippen LogP contribution in [0.2, 0.25) is 0 Å². The van der Waals surface area contributed by atoms with E-state index in [0.29, 0.717) is 277 Å². The van der Waals surface area contributed by atoms with Crippen LogP contribution in [0.4, 0.5) is 0 Å². The van der Waals surface area contributed by atoms with Gasteiger partial charge in [0, 0.05) is 0 Å². The largest absolute Gasteiger partial charge is 0.394 e. The Labute approximate surface area is 400 Å². The number of aliphatic hydroxyl groups excluding tert-OH is 1. The van der Waals surface area contributed by atoms with Crippen molar-refractivity contribution in [1.29, 1.82) is 0 Å². The molecule has 0 heterocycles. The number of rotatable bonds is 63. The molecule has 0 atom stereocenters. The zero-order chi connectivity index (χ0) is 48.0. The van der Waals surface area contributed by atoms with Gasteiger partial charge < -0.3 is 105 Å². The zero-order valence-corrected chi connectivity index (χ0v) is 40.5. The third-order valence-corrected chi connectivity index (χ3v) is 7.86. The number of terminal acetylenes is 1. The molecule has 22 nitrogen and oxygen atoms in total. The molecule has 0 spiro atoms. The van der Waals surface area contributed by atoms with E-state index in [2.05, 4.69) is 5.92 Å². The van der Waals surface area contributed by atoms with Gasteiger partial charge in [-0.1, -0.05) is 5.92 Å². The van der Waals surface area contributed by atoms with Crippen LogP contribution in [0, 0.1) is 12.3 Å². The van der Waals surface area contributed by atoms with Crippen LogP contribution in [-0.2, 0) is 99.5 Å². The van der Waals surface area contributed by atoms with Gasteiger partial charge in [0.25, 0.3) is 0 Å². The summed E-state index contributed by atoms with van der Waals surface area (Å²) < 4.78 is 114. The van der Waals surface area contributed by atoms with Crippen molar-refractivity contribution in [3.8, 4) is 12.3 Å². The third-order valence-electron chi connectivity index (χ3n) is 7.86. The summed E-state index contributed by atoms with van der Waals surface area (Å²) in [5, 5.41) is 8.60. The number of ether oxygens (including phenoxy) is 21. The topological polar surface area (TPSA) is 214 Å². The van der Waals surface area contributed by atoms with E-state index in [1.807, 2.05) is 0 Å². The van der Waals surface area contributed by atoms with Crippen LogP contribution in [0.25, 0.3) is 0 Å². The number of aliphatic hydroxyl groups is 1. The number of hydrogen-bond acceptors (Lipinski definition) is 22. The first-order valence-electron chi connectivity index (χ1n) is 23.6. The predicted octanol–water partition coefficient (Wildman–Crippen LogP) is -0.0395. The molecular formula is C45H88O22. The lowest BCUT2D eigenvalue weighted by Crippen LogP contribution is -2.16. The minimum atomic E-state index is 0.0190. The molecule has 0 aliphatic carbocycles. The summed E-state index contributed by atoms with van der Waals surface area (Å²) in [6.07, 6.45) is 5.09. The smallest absolute Gasteiger partial charge is 0.107 e. The van der Waals surface area contributed by atoms with Crippen molar-refractivity contribution in [3.63, 3.8) is 0 Å². The zero-order valence-electron chi connectivity index (χ0n) is 40.5. The van der Waals surface area contributed by atoms with E-state index in [-0.39, 0.29) is 6.61 Å². The maximum Gasteiger partial charge on any atom is 0.107 e. The van der Waals surface area contributed by atoms with Crippen molar-refractivity contribution >= 4 is 0 Å². The normalized spacial score (nSPS) is 11.6. The molecule has 0 unspecified atom stereocenters. The highest BCUT2D eigenvalue weighted by Crippen LogP contribution is 1.90. The number of hydrogen-bond donors (Lipinski definition) is 1. The van der Waals surface area contributed by atoms with Crippen molar-refractivity contribution < 1.29 is 105 Å². The molecule has 0 aliphatic rings. The van der Waals surface area contributed by atoms with Crippen molar-refractivity contribution in [3.05, 3.63) is 0 Å². The summed E-state index contributed by atoms with van der Waals surface area (Å²) >= 11 is 0. The van der Waals surface area contributed by atoms with Crippen molar-refractivity contribution in [2.24, 2.45) is 0 Å². The molecule has 0 saturated heterocycles. The van der Waals surface area contributed by atoms with E-state index < -0.39 is 0 Å².